The second-order valence-electron chi connectivity index (χ2n) is 6.15. The zero-order chi connectivity index (χ0) is 13.3. The van der Waals surface area contributed by atoms with Gasteiger partial charge < -0.3 is 0 Å². The van der Waals surface area contributed by atoms with Crippen LogP contribution in [0.15, 0.2) is 36.0 Å². The van der Waals surface area contributed by atoms with E-state index in [0.29, 0.717) is 0 Å². The van der Waals surface area contributed by atoms with Gasteiger partial charge in [-0.25, -0.2) is 0 Å². The highest BCUT2D eigenvalue weighted by molar-refractivity contribution is 6.81. The lowest BCUT2D eigenvalue weighted by Gasteiger charge is -2.12. The molecule has 0 heterocycles. The lowest BCUT2D eigenvalue weighted by atomic mass is 9.96. The van der Waals surface area contributed by atoms with Crippen LogP contribution in [0.25, 0.3) is 16.8 Å². The van der Waals surface area contributed by atoms with Crippen LogP contribution < -0.4 is 0 Å². The van der Waals surface area contributed by atoms with Crippen LogP contribution in [0.2, 0.25) is 19.6 Å². The normalized spacial score (nSPS) is 12.5. The summed E-state index contributed by atoms with van der Waals surface area (Å²) in [7, 11) is -1.13. The summed E-state index contributed by atoms with van der Waals surface area (Å²) in [5, 5.41) is 2.76. The molecule has 94 valence electrons. The molecule has 0 N–H and O–H groups in total. The molecule has 2 aromatic rings. The van der Waals surface area contributed by atoms with Crippen molar-refractivity contribution in [1.29, 1.82) is 0 Å². The van der Waals surface area contributed by atoms with Crippen molar-refractivity contribution in [3.8, 4) is 0 Å². The fourth-order valence-corrected chi connectivity index (χ4v) is 2.92. The van der Waals surface area contributed by atoms with E-state index in [4.69, 9.17) is 0 Å². The average molecular weight is 254 g/mol. The molecule has 0 saturated heterocycles. The molecule has 0 spiro atoms. The van der Waals surface area contributed by atoms with E-state index in [1.54, 1.807) is 0 Å². The van der Waals surface area contributed by atoms with Crippen molar-refractivity contribution in [3.05, 3.63) is 52.7 Å². The number of hydrogen-bond acceptors (Lipinski definition) is 0. The minimum Gasteiger partial charge on any atom is -0.0944 e. The third-order valence-electron chi connectivity index (χ3n) is 3.32. The van der Waals surface area contributed by atoms with Crippen LogP contribution in [-0.2, 0) is 0 Å². The van der Waals surface area contributed by atoms with E-state index in [9.17, 15) is 0 Å². The topological polar surface area (TPSA) is 0 Å². The summed E-state index contributed by atoms with van der Waals surface area (Å²) in [4.78, 5) is 0. The van der Waals surface area contributed by atoms with Crippen LogP contribution in [0.3, 0.4) is 0 Å². The fraction of sp³-hybridized carbons (Fsp3) is 0.294. The maximum atomic E-state index is 2.42. The molecule has 0 atom stereocenters. The van der Waals surface area contributed by atoms with Gasteiger partial charge in [-0.3, -0.25) is 0 Å². The molecule has 0 amide bonds. The SMILES string of the molecule is Cc1cc(/C=C/[Si](C)(C)C)c(C)c2ccccc12. The van der Waals surface area contributed by atoms with E-state index in [-0.39, 0.29) is 0 Å². The Morgan fingerprint density at radius 3 is 2.17 bits per heavy atom. The average Bonchev–Trinajstić information content (AvgIpc) is 2.31. The molecule has 2 aromatic carbocycles. The fourth-order valence-electron chi connectivity index (χ4n) is 2.24. The first-order valence-corrected chi connectivity index (χ1v) is 10.1. The first-order chi connectivity index (χ1) is 8.38. The van der Waals surface area contributed by atoms with E-state index in [0.717, 1.165) is 0 Å². The van der Waals surface area contributed by atoms with Gasteiger partial charge in [-0.2, -0.15) is 0 Å². The highest BCUT2D eigenvalue weighted by Gasteiger charge is 2.09. The van der Waals surface area contributed by atoms with E-state index >= 15 is 0 Å². The highest BCUT2D eigenvalue weighted by atomic mass is 28.3. The molecule has 0 fully saturated rings. The van der Waals surface area contributed by atoms with E-state index in [2.05, 4.69) is 75.6 Å². The summed E-state index contributed by atoms with van der Waals surface area (Å²) in [6, 6.07) is 11.0. The van der Waals surface area contributed by atoms with Crippen LogP contribution in [-0.4, -0.2) is 8.07 Å². The number of benzene rings is 2. The molecule has 0 bridgehead atoms. The Kier molecular flexibility index (Phi) is 3.44. The van der Waals surface area contributed by atoms with Crippen LogP contribution in [0.4, 0.5) is 0 Å². The van der Waals surface area contributed by atoms with Gasteiger partial charge in [0.05, 0.1) is 8.07 Å². The largest absolute Gasteiger partial charge is 0.0944 e. The second kappa shape index (κ2) is 4.73. The standard InChI is InChI=1S/C17H22Si/c1-13-12-15(10-11-18(3,4)5)14(2)17-9-7-6-8-16(13)17/h6-12H,1-5H3/b11-10+. The molecule has 0 unspecified atom stereocenters. The van der Waals surface area contributed by atoms with Crippen LogP contribution in [0.1, 0.15) is 16.7 Å². The summed E-state index contributed by atoms with van der Waals surface area (Å²) in [6.45, 7) is 11.5. The molecule has 0 aliphatic heterocycles. The molecular weight excluding hydrogens is 232 g/mol. The molecule has 0 nitrogen and oxygen atoms in total. The second-order valence-corrected chi connectivity index (χ2v) is 11.2. The van der Waals surface area contributed by atoms with Gasteiger partial charge in [0.1, 0.15) is 0 Å². The monoisotopic (exact) mass is 254 g/mol. The van der Waals surface area contributed by atoms with Crippen LogP contribution in [0.5, 0.6) is 0 Å². The molecule has 0 saturated carbocycles. The summed E-state index contributed by atoms with van der Waals surface area (Å²) >= 11 is 0. The van der Waals surface area contributed by atoms with Gasteiger partial charge in [0.25, 0.3) is 0 Å². The van der Waals surface area contributed by atoms with Crippen LogP contribution >= 0.6 is 0 Å². The third-order valence-corrected chi connectivity index (χ3v) is 4.49. The van der Waals surface area contributed by atoms with Gasteiger partial charge in [-0.15, -0.1) is 0 Å². The van der Waals surface area contributed by atoms with E-state index < -0.39 is 8.07 Å². The minimum absolute atomic E-state index is 1.13. The first kappa shape index (κ1) is 13.1. The highest BCUT2D eigenvalue weighted by Crippen LogP contribution is 2.26. The first-order valence-electron chi connectivity index (χ1n) is 6.57. The Labute approximate surface area is 111 Å². The summed E-state index contributed by atoms with van der Waals surface area (Å²) < 4.78 is 0. The van der Waals surface area contributed by atoms with Crippen molar-refractivity contribution in [2.75, 3.05) is 0 Å². The van der Waals surface area contributed by atoms with Crippen molar-refractivity contribution in [2.45, 2.75) is 33.5 Å². The predicted molar refractivity (Wildman–Crippen MR) is 85.8 cm³/mol. The third kappa shape index (κ3) is 2.73. The van der Waals surface area contributed by atoms with Gasteiger partial charge >= 0.3 is 0 Å². The predicted octanol–water partition coefficient (Wildman–Crippen LogP) is 5.35. The molecule has 1 heteroatoms. The summed E-state index contributed by atoms with van der Waals surface area (Å²) in [6.07, 6.45) is 2.32. The van der Waals surface area contributed by atoms with Crippen molar-refractivity contribution in [1.82, 2.24) is 0 Å². The molecule has 2 rings (SSSR count). The Morgan fingerprint density at radius 2 is 1.56 bits per heavy atom. The molecule has 0 aliphatic carbocycles. The Balaban J connectivity index is 2.60. The smallest absolute Gasteiger partial charge is 0.0687 e. The number of rotatable bonds is 2. The lowest BCUT2D eigenvalue weighted by Crippen LogP contribution is -2.15. The minimum atomic E-state index is -1.13. The maximum Gasteiger partial charge on any atom is 0.0687 e. The van der Waals surface area contributed by atoms with E-state index in [1.165, 1.54) is 27.5 Å². The molecule has 0 aromatic heterocycles. The van der Waals surface area contributed by atoms with Crippen molar-refractivity contribution < 1.29 is 0 Å². The van der Waals surface area contributed by atoms with Crippen molar-refractivity contribution >= 4 is 24.9 Å². The van der Waals surface area contributed by atoms with Gasteiger partial charge in [-0.05, 0) is 41.3 Å². The zero-order valence-electron chi connectivity index (χ0n) is 12.0. The number of aryl methyl sites for hydroxylation is 2. The Morgan fingerprint density at radius 1 is 0.944 bits per heavy atom. The Bertz CT molecular complexity index is 601. The van der Waals surface area contributed by atoms with Crippen molar-refractivity contribution in [2.24, 2.45) is 0 Å². The van der Waals surface area contributed by atoms with Crippen molar-refractivity contribution in [3.63, 3.8) is 0 Å². The Hall–Kier alpha value is -1.34. The molecule has 0 aliphatic rings. The van der Waals surface area contributed by atoms with Gasteiger partial charge in [0.2, 0.25) is 0 Å². The number of hydrogen-bond donors (Lipinski definition) is 0. The quantitative estimate of drug-likeness (QED) is 0.634. The number of fused-ring (bicyclic) bond motifs is 1. The maximum absolute atomic E-state index is 2.42. The summed E-state index contributed by atoms with van der Waals surface area (Å²) in [5.41, 5.74) is 6.55. The molecule has 18 heavy (non-hydrogen) atoms. The summed E-state index contributed by atoms with van der Waals surface area (Å²) in [5.74, 6) is 0. The van der Waals surface area contributed by atoms with Gasteiger partial charge in [0.15, 0.2) is 0 Å². The van der Waals surface area contributed by atoms with Gasteiger partial charge in [0, 0.05) is 0 Å². The lowest BCUT2D eigenvalue weighted by molar-refractivity contribution is 1.44. The van der Waals surface area contributed by atoms with Gasteiger partial charge in [-0.1, -0.05) is 61.7 Å². The molecular formula is C17H22Si. The molecule has 0 radical (unpaired) electrons. The van der Waals surface area contributed by atoms with Crippen LogP contribution in [0, 0.1) is 13.8 Å². The zero-order valence-corrected chi connectivity index (χ0v) is 13.0. The van der Waals surface area contributed by atoms with E-state index in [1.807, 2.05) is 0 Å².